The fourth-order valence-corrected chi connectivity index (χ4v) is 2.22. The van der Waals surface area contributed by atoms with Gasteiger partial charge in [0.1, 0.15) is 5.84 Å². The van der Waals surface area contributed by atoms with E-state index >= 15 is 0 Å². The van der Waals surface area contributed by atoms with Crippen LogP contribution in [0.1, 0.15) is 36.9 Å². The Morgan fingerprint density at radius 2 is 2.18 bits per heavy atom. The highest BCUT2D eigenvalue weighted by atomic mass is 16.5. The number of nitrogens with one attached hydrogen (secondary N) is 1. The molecule has 3 N–H and O–H groups in total. The van der Waals surface area contributed by atoms with Gasteiger partial charge < -0.3 is 10.5 Å². The maximum atomic E-state index is 7.49. The van der Waals surface area contributed by atoms with E-state index in [2.05, 4.69) is 4.98 Å². The van der Waals surface area contributed by atoms with E-state index in [0.717, 1.165) is 5.69 Å². The predicted octanol–water partition coefficient (Wildman–Crippen LogP) is 2.24. The van der Waals surface area contributed by atoms with E-state index in [-0.39, 0.29) is 5.84 Å². The molecule has 2 rings (SSSR count). The van der Waals surface area contributed by atoms with E-state index < -0.39 is 0 Å². The van der Waals surface area contributed by atoms with Gasteiger partial charge in [-0.05, 0) is 37.8 Å². The molecule has 0 atom stereocenters. The number of amidine groups is 1. The van der Waals surface area contributed by atoms with Crippen molar-refractivity contribution in [3.05, 3.63) is 23.4 Å². The predicted molar refractivity (Wildman–Crippen MR) is 67.4 cm³/mol. The van der Waals surface area contributed by atoms with Gasteiger partial charge in [0, 0.05) is 5.69 Å². The Morgan fingerprint density at radius 1 is 1.47 bits per heavy atom. The highest BCUT2D eigenvalue weighted by Gasteiger charge is 2.17. The van der Waals surface area contributed by atoms with Gasteiger partial charge in [0.2, 0.25) is 5.88 Å². The van der Waals surface area contributed by atoms with Crippen molar-refractivity contribution in [1.29, 1.82) is 5.41 Å². The second kappa shape index (κ2) is 5.17. The summed E-state index contributed by atoms with van der Waals surface area (Å²) in [6, 6.07) is 3.65. The topological polar surface area (TPSA) is 72.0 Å². The quantitative estimate of drug-likeness (QED) is 0.619. The zero-order valence-corrected chi connectivity index (χ0v) is 10.2. The molecule has 0 spiro atoms. The van der Waals surface area contributed by atoms with Gasteiger partial charge in [0.15, 0.2) is 0 Å². The molecule has 0 radical (unpaired) electrons. The Labute approximate surface area is 102 Å². The summed E-state index contributed by atoms with van der Waals surface area (Å²) in [7, 11) is 0. The fraction of sp³-hybridized carbons (Fsp3) is 0.538. The number of nitrogen functional groups attached to an aromatic ring is 1. The van der Waals surface area contributed by atoms with Gasteiger partial charge in [-0.15, -0.1) is 0 Å². The highest BCUT2D eigenvalue weighted by Crippen LogP contribution is 2.26. The second-order valence-corrected chi connectivity index (χ2v) is 4.68. The van der Waals surface area contributed by atoms with E-state index in [1.54, 1.807) is 6.07 Å². The average Bonchev–Trinajstić information content (AvgIpc) is 2.78. The minimum atomic E-state index is 0.0129. The molecule has 1 heterocycles. The van der Waals surface area contributed by atoms with Gasteiger partial charge in [-0.3, -0.25) is 5.41 Å². The standard InChI is InChI=1S/C13H19N3O/c1-9-6-7-11(12(14)15)13(16-9)17-8-10-4-2-3-5-10/h6-7,10H,2-5,8H2,1H3,(H3,14,15). The summed E-state index contributed by atoms with van der Waals surface area (Å²) in [5.74, 6) is 1.15. The molecule has 1 aromatic heterocycles. The number of nitrogens with two attached hydrogens (primary N) is 1. The molecule has 0 unspecified atom stereocenters. The van der Waals surface area contributed by atoms with Crippen LogP contribution in [0, 0.1) is 18.3 Å². The largest absolute Gasteiger partial charge is 0.477 e. The van der Waals surface area contributed by atoms with Crippen molar-refractivity contribution in [3.8, 4) is 5.88 Å². The van der Waals surface area contributed by atoms with Crippen LogP contribution in [0.15, 0.2) is 12.1 Å². The molecule has 0 aliphatic heterocycles. The maximum Gasteiger partial charge on any atom is 0.224 e. The lowest BCUT2D eigenvalue weighted by Gasteiger charge is -2.13. The highest BCUT2D eigenvalue weighted by molar-refractivity contribution is 5.97. The third-order valence-electron chi connectivity index (χ3n) is 3.22. The van der Waals surface area contributed by atoms with Gasteiger partial charge in [-0.25, -0.2) is 4.98 Å². The third-order valence-corrected chi connectivity index (χ3v) is 3.22. The summed E-state index contributed by atoms with van der Waals surface area (Å²) in [5, 5.41) is 7.49. The van der Waals surface area contributed by atoms with Crippen molar-refractivity contribution in [1.82, 2.24) is 4.98 Å². The van der Waals surface area contributed by atoms with Crippen LogP contribution in [0.2, 0.25) is 0 Å². The molecule has 4 nitrogen and oxygen atoms in total. The second-order valence-electron chi connectivity index (χ2n) is 4.68. The molecule has 0 bridgehead atoms. The first-order valence-electron chi connectivity index (χ1n) is 6.11. The molecule has 0 aromatic carbocycles. The Kier molecular flexibility index (Phi) is 3.61. The Morgan fingerprint density at radius 3 is 2.82 bits per heavy atom. The van der Waals surface area contributed by atoms with Crippen LogP contribution in [0.25, 0.3) is 0 Å². The van der Waals surface area contributed by atoms with Crippen LogP contribution < -0.4 is 10.5 Å². The first-order valence-corrected chi connectivity index (χ1v) is 6.11. The van der Waals surface area contributed by atoms with Crippen molar-refractivity contribution in [2.45, 2.75) is 32.6 Å². The van der Waals surface area contributed by atoms with Gasteiger partial charge in [0.05, 0.1) is 12.2 Å². The van der Waals surface area contributed by atoms with Gasteiger partial charge in [-0.2, -0.15) is 0 Å². The van der Waals surface area contributed by atoms with Gasteiger partial charge >= 0.3 is 0 Å². The lowest BCUT2D eigenvalue weighted by atomic mass is 10.1. The zero-order chi connectivity index (χ0) is 12.3. The third kappa shape index (κ3) is 2.96. The van der Waals surface area contributed by atoms with E-state index in [9.17, 15) is 0 Å². The molecule has 17 heavy (non-hydrogen) atoms. The molecule has 1 aliphatic rings. The fourth-order valence-electron chi connectivity index (χ4n) is 2.22. The van der Waals surface area contributed by atoms with Gasteiger partial charge in [0.25, 0.3) is 0 Å². The number of hydrogen-bond donors (Lipinski definition) is 2. The molecule has 1 saturated carbocycles. The number of rotatable bonds is 4. The van der Waals surface area contributed by atoms with E-state index in [0.29, 0.717) is 24.0 Å². The molecular weight excluding hydrogens is 214 g/mol. The minimum absolute atomic E-state index is 0.0129. The van der Waals surface area contributed by atoms with E-state index in [1.165, 1.54) is 25.7 Å². The first-order chi connectivity index (χ1) is 8.16. The van der Waals surface area contributed by atoms with Crippen molar-refractivity contribution in [3.63, 3.8) is 0 Å². The maximum absolute atomic E-state index is 7.49. The van der Waals surface area contributed by atoms with E-state index in [1.807, 2.05) is 13.0 Å². The lowest BCUT2D eigenvalue weighted by Crippen LogP contribution is -2.16. The van der Waals surface area contributed by atoms with Crippen LogP contribution >= 0.6 is 0 Å². The summed E-state index contributed by atoms with van der Waals surface area (Å²) >= 11 is 0. The van der Waals surface area contributed by atoms with Crippen LogP contribution in [0.4, 0.5) is 0 Å². The summed E-state index contributed by atoms with van der Waals surface area (Å²) < 4.78 is 5.73. The summed E-state index contributed by atoms with van der Waals surface area (Å²) in [5.41, 5.74) is 6.99. The number of pyridine rings is 1. The Bertz CT molecular complexity index is 411. The number of hydrogen-bond acceptors (Lipinski definition) is 3. The summed E-state index contributed by atoms with van der Waals surface area (Å²) in [6.07, 6.45) is 5.08. The van der Waals surface area contributed by atoms with Crippen molar-refractivity contribution in [2.75, 3.05) is 6.61 Å². The van der Waals surface area contributed by atoms with E-state index in [4.69, 9.17) is 15.9 Å². The molecule has 92 valence electrons. The molecule has 0 saturated heterocycles. The van der Waals surface area contributed by atoms with Crippen molar-refractivity contribution < 1.29 is 4.74 Å². The average molecular weight is 233 g/mol. The van der Waals surface area contributed by atoms with Crippen molar-refractivity contribution >= 4 is 5.84 Å². The summed E-state index contributed by atoms with van der Waals surface area (Å²) in [4.78, 5) is 4.31. The summed E-state index contributed by atoms with van der Waals surface area (Å²) in [6.45, 7) is 2.60. The van der Waals surface area contributed by atoms with Gasteiger partial charge in [-0.1, -0.05) is 12.8 Å². The molecule has 1 fully saturated rings. The molecule has 1 aliphatic carbocycles. The van der Waals surface area contributed by atoms with Crippen LogP contribution in [-0.4, -0.2) is 17.4 Å². The lowest BCUT2D eigenvalue weighted by molar-refractivity contribution is 0.243. The van der Waals surface area contributed by atoms with Crippen LogP contribution in [0.5, 0.6) is 5.88 Å². The molecule has 0 amide bonds. The smallest absolute Gasteiger partial charge is 0.224 e. The zero-order valence-electron chi connectivity index (χ0n) is 10.2. The van der Waals surface area contributed by atoms with Crippen LogP contribution in [0.3, 0.4) is 0 Å². The normalized spacial score (nSPS) is 16.1. The Hall–Kier alpha value is -1.58. The number of ether oxygens (including phenoxy) is 1. The Balaban J connectivity index is 2.07. The van der Waals surface area contributed by atoms with Crippen molar-refractivity contribution in [2.24, 2.45) is 11.7 Å². The molecular formula is C13H19N3O. The van der Waals surface area contributed by atoms with Crippen LogP contribution in [-0.2, 0) is 0 Å². The number of nitrogens with zero attached hydrogens (tertiary/aromatic N) is 1. The SMILES string of the molecule is Cc1ccc(C(=N)N)c(OCC2CCCC2)n1. The first kappa shape index (κ1) is 11.9. The number of aromatic nitrogens is 1. The molecule has 1 aromatic rings. The monoisotopic (exact) mass is 233 g/mol. The minimum Gasteiger partial charge on any atom is -0.477 e. The molecule has 4 heteroatoms. The number of aryl methyl sites for hydroxylation is 1.